The minimum atomic E-state index is -4.52. The highest BCUT2D eigenvalue weighted by Crippen LogP contribution is 2.43. The van der Waals surface area contributed by atoms with Crippen molar-refractivity contribution in [3.8, 4) is 0 Å². The molecule has 27 heavy (non-hydrogen) atoms. The largest absolute Gasteiger partial charge is 0.417 e. The van der Waals surface area contributed by atoms with Gasteiger partial charge in [0.15, 0.2) is 0 Å². The Labute approximate surface area is 173 Å². The third-order valence-electron chi connectivity index (χ3n) is 3.77. The van der Waals surface area contributed by atoms with Gasteiger partial charge in [0.25, 0.3) is 0 Å². The molecule has 142 valence electrons. The molecule has 0 aliphatic carbocycles. The van der Waals surface area contributed by atoms with Crippen LogP contribution >= 0.6 is 46.6 Å². The Kier molecular flexibility index (Phi) is 6.31. The SMILES string of the molecule is FC(F)(F)c1cc(SC(Cn2ccnc2)c2ccc(Cl)cc2Cl)ccc1Cl. The average Bonchev–Trinajstić information content (AvgIpc) is 3.08. The van der Waals surface area contributed by atoms with Crippen molar-refractivity contribution in [2.45, 2.75) is 22.9 Å². The second-order valence-electron chi connectivity index (χ2n) is 5.67. The van der Waals surface area contributed by atoms with Gasteiger partial charge in [0, 0.05) is 33.9 Å². The summed E-state index contributed by atoms with van der Waals surface area (Å²) in [5.41, 5.74) is -0.0963. The summed E-state index contributed by atoms with van der Waals surface area (Å²) in [6.45, 7) is 0.468. The van der Waals surface area contributed by atoms with Gasteiger partial charge in [0.2, 0.25) is 0 Å². The fraction of sp³-hybridized carbons (Fsp3) is 0.167. The molecule has 1 atom stereocenters. The van der Waals surface area contributed by atoms with Crippen molar-refractivity contribution in [2.24, 2.45) is 0 Å². The molecule has 9 heteroatoms. The van der Waals surface area contributed by atoms with Gasteiger partial charge in [-0.1, -0.05) is 40.9 Å². The Balaban J connectivity index is 1.96. The fourth-order valence-corrected chi connectivity index (χ4v) is 4.58. The monoisotopic (exact) mass is 450 g/mol. The van der Waals surface area contributed by atoms with Crippen molar-refractivity contribution in [1.82, 2.24) is 9.55 Å². The summed E-state index contributed by atoms with van der Waals surface area (Å²) in [5.74, 6) is 0. The number of imidazole rings is 1. The topological polar surface area (TPSA) is 17.8 Å². The molecule has 2 nitrogen and oxygen atoms in total. The van der Waals surface area contributed by atoms with Crippen LogP contribution in [0.2, 0.25) is 15.1 Å². The molecule has 0 bridgehead atoms. The molecule has 0 spiro atoms. The normalized spacial score (nSPS) is 13.0. The van der Waals surface area contributed by atoms with Crippen LogP contribution in [0.25, 0.3) is 0 Å². The van der Waals surface area contributed by atoms with Crippen molar-refractivity contribution in [3.63, 3.8) is 0 Å². The van der Waals surface area contributed by atoms with Crippen LogP contribution in [0.15, 0.2) is 60.0 Å². The number of hydrogen-bond acceptors (Lipinski definition) is 2. The Bertz CT molecular complexity index is 930. The van der Waals surface area contributed by atoms with E-state index in [0.717, 1.165) is 11.6 Å². The molecule has 2 aromatic carbocycles. The summed E-state index contributed by atoms with van der Waals surface area (Å²) in [6.07, 6.45) is 0.529. The lowest BCUT2D eigenvalue weighted by Crippen LogP contribution is -2.08. The molecular formula is C18H12Cl3F3N2S. The summed E-state index contributed by atoms with van der Waals surface area (Å²) in [4.78, 5) is 4.44. The molecule has 0 saturated heterocycles. The number of thioether (sulfide) groups is 1. The first-order valence-electron chi connectivity index (χ1n) is 7.68. The van der Waals surface area contributed by atoms with Gasteiger partial charge in [-0.15, -0.1) is 11.8 Å². The van der Waals surface area contributed by atoms with E-state index < -0.39 is 11.7 Å². The molecule has 3 aromatic rings. The van der Waals surface area contributed by atoms with E-state index in [1.807, 2.05) is 4.57 Å². The zero-order chi connectivity index (χ0) is 19.6. The predicted molar refractivity (Wildman–Crippen MR) is 104 cm³/mol. The molecule has 0 fully saturated rings. The second kappa shape index (κ2) is 8.35. The van der Waals surface area contributed by atoms with Crippen LogP contribution in [-0.2, 0) is 12.7 Å². The zero-order valence-electron chi connectivity index (χ0n) is 13.6. The van der Waals surface area contributed by atoms with Gasteiger partial charge >= 0.3 is 6.18 Å². The molecule has 3 rings (SSSR count). The lowest BCUT2D eigenvalue weighted by Gasteiger charge is -2.20. The summed E-state index contributed by atoms with van der Waals surface area (Å²) in [6, 6.07) is 8.96. The van der Waals surface area contributed by atoms with E-state index in [4.69, 9.17) is 34.8 Å². The number of rotatable bonds is 5. The molecule has 0 N–H and O–H groups in total. The highest BCUT2D eigenvalue weighted by molar-refractivity contribution is 7.99. The van der Waals surface area contributed by atoms with Crippen LogP contribution < -0.4 is 0 Å². The molecule has 0 amide bonds. The second-order valence-corrected chi connectivity index (χ2v) is 8.20. The lowest BCUT2D eigenvalue weighted by atomic mass is 10.1. The Morgan fingerprint density at radius 3 is 2.44 bits per heavy atom. The summed E-state index contributed by atoms with van der Waals surface area (Å²) >= 11 is 19.3. The standard InChI is InChI=1S/C18H12Cl3F3N2S/c19-11-1-3-13(16(21)7-11)17(9-26-6-5-25-10-26)27-12-2-4-15(20)14(8-12)18(22,23)24/h1-8,10,17H,9H2. The Hall–Kier alpha value is -1.34. The lowest BCUT2D eigenvalue weighted by molar-refractivity contribution is -0.137. The molecule has 1 heterocycles. The third-order valence-corrected chi connectivity index (χ3v) is 5.87. The van der Waals surface area contributed by atoms with Gasteiger partial charge in [-0.2, -0.15) is 13.2 Å². The van der Waals surface area contributed by atoms with E-state index in [2.05, 4.69) is 4.98 Å². The summed E-state index contributed by atoms with van der Waals surface area (Å²) < 4.78 is 41.3. The van der Waals surface area contributed by atoms with Gasteiger partial charge in [0.05, 0.1) is 22.2 Å². The number of hydrogen-bond donors (Lipinski definition) is 0. The molecule has 0 aliphatic rings. The number of nitrogens with zero attached hydrogens (tertiary/aromatic N) is 2. The van der Waals surface area contributed by atoms with Crippen LogP contribution in [0, 0.1) is 0 Å². The van der Waals surface area contributed by atoms with Crippen LogP contribution in [0.4, 0.5) is 13.2 Å². The van der Waals surface area contributed by atoms with Gasteiger partial charge in [0.1, 0.15) is 0 Å². The van der Waals surface area contributed by atoms with E-state index in [9.17, 15) is 13.2 Å². The minimum Gasteiger partial charge on any atom is -0.336 e. The molecule has 0 radical (unpaired) electrons. The van der Waals surface area contributed by atoms with E-state index >= 15 is 0 Å². The van der Waals surface area contributed by atoms with E-state index in [1.165, 1.54) is 17.8 Å². The maximum absolute atomic E-state index is 13.2. The molecule has 0 aliphatic heterocycles. The summed E-state index contributed by atoms with van der Waals surface area (Å²) in [7, 11) is 0. The number of benzene rings is 2. The van der Waals surface area contributed by atoms with Crippen LogP contribution in [-0.4, -0.2) is 9.55 Å². The first-order valence-corrected chi connectivity index (χ1v) is 9.69. The molecular weight excluding hydrogens is 440 g/mol. The third kappa shape index (κ3) is 5.13. The highest BCUT2D eigenvalue weighted by Gasteiger charge is 2.33. The fourth-order valence-electron chi connectivity index (χ4n) is 2.51. The number of aromatic nitrogens is 2. The minimum absolute atomic E-state index is 0.258. The van der Waals surface area contributed by atoms with Crippen LogP contribution in [0.3, 0.4) is 0 Å². The predicted octanol–water partition coefficient (Wildman–Crippen LogP) is 7.40. The van der Waals surface area contributed by atoms with Crippen molar-refractivity contribution in [2.75, 3.05) is 0 Å². The zero-order valence-corrected chi connectivity index (χ0v) is 16.6. The Morgan fingerprint density at radius 2 is 1.81 bits per heavy atom. The van der Waals surface area contributed by atoms with Crippen molar-refractivity contribution in [1.29, 1.82) is 0 Å². The summed E-state index contributed by atoms with van der Waals surface area (Å²) in [5, 5.41) is 0.347. The van der Waals surface area contributed by atoms with Crippen molar-refractivity contribution < 1.29 is 13.2 Å². The van der Waals surface area contributed by atoms with Crippen LogP contribution in [0.5, 0.6) is 0 Å². The van der Waals surface area contributed by atoms with Gasteiger partial charge in [-0.05, 0) is 35.9 Å². The van der Waals surface area contributed by atoms with E-state index in [-0.39, 0.29) is 10.3 Å². The molecule has 1 unspecified atom stereocenters. The maximum Gasteiger partial charge on any atom is 0.417 e. The number of alkyl halides is 3. The van der Waals surface area contributed by atoms with Gasteiger partial charge < -0.3 is 4.57 Å². The quantitative estimate of drug-likeness (QED) is 0.376. The first-order chi connectivity index (χ1) is 12.7. The number of halogens is 6. The van der Waals surface area contributed by atoms with Gasteiger partial charge in [-0.25, -0.2) is 4.98 Å². The van der Waals surface area contributed by atoms with Crippen molar-refractivity contribution >= 4 is 46.6 Å². The van der Waals surface area contributed by atoms with Gasteiger partial charge in [-0.3, -0.25) is 0 Å². The molecule has 0 saturated carbocycles. The van der Waals surface area contributed by atoms with E-state index in [0.29, 0.717) is 21.5 Å². The van der Waals surface area contributed by atoms with Crippen molar-refractivity contribution in [3.05, 3.63) is 81.3 Å². The average molecular weight is 452 g/mol. The highest BCUT2D eigenvalue weighted by atomic mass is 35.5. The van der Waals surface area contributed by atoms with E-state index in [1.54, 1.807) is 43.0 Å². The Morgan fingerprint density at radius 1 is 1.04 bits per heavy atom. The maximum atomic E-state index is 13.2. The first kappa shape index (κ1) is 20.4. The van der Waals surface area contributed by atoms with Crippen LogP contribution in [0.1, 0.15) is 16.4 Å². The molecule has 1 aromatic heterocycles. The smallest absolute Gasteiger partial charge is 0.336 e.